The van der Waals surface area contributed by atoms with Gasteiger partial charge >= 0.3 is 0 Å². The Hall–Kier alpha value is -1.06. The maximum atomic E-state index is 9.73. The summed E-state index contributed by atoms with van der Waals surface area (Å²) in [5, 5.41) is 9.73. The number of fused-ring (bicyclic) bond motifs is 1. The minimum atomic E-state index is -0.204. The van der Waals surface area contributed by atoms with E-state index in [1.807, 2.05) is 12.1 Å². The van der Waals surface area contributed by atoms with Crippen LogP contribution in [-0.2, 0) is 10.3 Å². The van der Waals surface area contributed by atoms with Gasteiger partial charge < -0.3 is 9.84 Å². The van der Waals surface area contributed by atoms with Gasteiger partial charge in [-0.15, -0.1) is 0 Å². The third-order valence-corrected chi connectivity index (χ3v) is 4.48. The maximum absolute atomic E-state index is 9.73. The van der Waals surface area contributed by atoms with Crippen LogP contribution < -0.4 is 0 Å². The van der Waals surface area contributed by atoms with Gasteiger partial charge in [-0.25, -0.2) is 0 Å². The molecule has 2 atom stereocenters. The molecule has 3 heteroatoms. The molecular formula is C15H21NO2. The Morgan fingerprint density at radius 2 is 2.28 bits per heavy atom. The SMILES string of the molecule is CN1CCOC2(c3cccc(O)c3)CCCCC12. The minimum Gasteiger partial charge on any atom is -0.508 e. The summed E-state index contributed by atoms with van der Waals surface area (Å²) in [6.07, 6.45) is 4.73. The number of likely N-dealkylation sites (N-methyl/N-ethyl adjacent to an activating group) is 1. The van der Waals surface area contributed by atoms with Crippen LogP contribution >= 0.6 is 0 Å². The van der Waals surface area contributed by atoms with E-state index in [0.29, 0.717) is 11.8 Å². The molecule has 1 N–H and O–H groups in total. The van der Waals surface area contributed by atoms with E-state index in [2.05, 4.69) is 18.0 Å². The number of ether oxygens (including phenoxy) is 1. The first-order chi connectivity index (χ1) is 8.72. The first-order valence-corrected chi connectivity index (χ1v) is 6.86. The molecule has 2 aliphatic rings. The van der Waals surface area contributed by atoms with Crippen molar-refractivity contribution in [3.8, 4) is 5.75 Å². The standard InChI is InChI=1S/C15H21NO2/c1-16-9-10-18-15(8-3-2-7-14(15)16)12-5-4-6-13(17)11-12/h4-6,11,14,17H,2-3,7-10H2,1H3. The zero-order chi connectivity index (χ0) is 12.6. The van der Waals surface area contributed by atoms with Crippen molar-refractivity contribution in [3.63, 3.8) is 0 Å². The van der Waals surface area contributed by atoms with E-state index in [1.165, 1.54) is 19.3 Å². The summed E-state index contributed by atoms with van der Waals surface area (Å²) in [5.41, 5.74) is 0.933. The van der Waals surface area contributed by atoms with Gasteiger partial charge in [0, 0.05) is 12.6 Å². The molecule has 1 aromatic rings. The fourth-order valence-electron chi connectivity index (χ4n) is 3.59. The van der Waals surface area contributed by atoms with Gasteiger partial charge in [-0.3, -0.25) is 4.90 Å². The molecule has 1 aromatic carbocycles. The van der Waals surface area contributed by atoms with Crippen LogP contribution in [0, 0.1) is 0 Å². The highest BCUT2D eigenvalue weighted by Gasteiger charge is 2.47. The highest BCUT2D eigenvalue weighted by molar-refractivity contribution is 5.33. The number of benzene rings is 1. The molecular weight excluding hydrogens is 226 g/mol. The molecule has 1 heterocycles. The fourth-order valence-corrected chi connectivity index (χ4v) is 3.59. The second-order valence-corrected chi connectivity index (χ2v) is 5.53. The van der Waals surface area contributed by atoms with Crippen LogP contribution in [0.15, 0.2) is 24.3 Å². The molecule has 0 amide bonds. The van der Waals surface area contributed by atoms with Crippen LogP contribution in [0.4, 0.5) is 0 Å². The first kappa shape index (κ1) is 12.0. The second-order valence-electron chi connectivity index (χ2n) is 5.53. The molecule has 0 spiro atoms. The monoisotopic (exact) mass is 247 g/mol. The molecule has 1 saturated heterocycles. The van der Waals surface area contributed by atoms with Gasteiger partial charge in [0.25, 0.3) is 0 Å². The lowest BCUT2D eigenvalue weighted by Gasteiger charge is -2.51. The number of morpholine rings is 1. The van der Waals surface area contributed by atoms with E-state index in [0.717, 1.165) is 25.1 Å². The van der Waals surface area contributed by atoms with Gasteiger partial charge in [0.15, 0.2) is 0 Å². The van der Waals surface area contributed by atoms with Crippen LogP contribution in [0.1, 0.15) is 31.2 Å². The molecule has 3 rings (SSSR count). The van der Waals surface area contributed by atoms with Gasteiger partial charge in [0.1, 0.15) is 11.4 Å². The van der Waals surface area contributed by atoms with Gasteiger partial charge in [0.05, 0.1) is 6.61 Å². The van der Waals surface area contributed by atoms with Crippen molar-refractivity contribution in [3.05, 3.63) is 29.8 Å². The van der Waals surface area contributed by atoms with E-state index in [9.17, 15) is 5.11 Å². The lowest BCUT2D eigenvalue weighted by molar-refractivity contribution is -0.165. The van der Waals surface area contributed by atoms with E-state index in [4.69, 9.17) is 4.74 Å². The molecule has 3 nitrogen and oxygen atoms in total. The Morgan fingerprint density at radius 1 is 1.39 bits per heavy atom. The molecule has 0 radical (unpaired) electrons. The maximum Gasteiger partial charge on any atom is 0.115 e. The second kappa shape index (κ2) is 4.56. The highest BCUT2D eigenvalue weighted by Crippen LogP contribution is 2.45. The molecule has 98 valence electrons. The number of aromatic hydroxyl groups is 1. The Labute approximate surface area is 108 Å². The number of phenolic OH excluding ortho intramolecular Hbond substituents is 1. The molecule has 18 heavy (non-hydrogen) atoms. The summed E-state index contributed by atoms with van der Waals surface area (Å²) in [4.78, 5) is 2.42. The van der Waals surface area contributed by atoms with E-state index in [-0.39, 0.29) is 5.60 Å². The summed E-state index contributed by atoms with van der Waals surface area (Å²) in [5.74, 6) is 0.336. The number of nitrogens with zero attached hydrogens (tertiary/aromatic N) is 1. The van der Waals surface area contributed by atoms with Gasteiger partial charge in [0.2, 0.25) is 0 Å². The number of phenols is 1. The molecule has 1 aliphatic heterocycles. The molecule has 1 aliphatic carbocycles. The number of hydrogen-bond acceptors (Lipinski definition) is 3. The quantitative estimate of drug-likeness (QED) is 0.827. The normalized spacial score (nSPS) is 33.1. The van der Waals surface area contributed by atoms with Crippen LogP contribution in [0.25, 0.3) is 0 Å². The Morgan fingerprint density at radius 3 is 3.11 bits per heavy atom. The predicted molar refractivity (Wildman–Crippen MR) is 70.6 cm³/mol. The predicted octanol–water partition coefficient (Wildman–Crippen LogP) is 2.49. The van der Waals surface area contributed by atoms with Crippen LogP contribution in [0.5, 0.6) is 5.75 Å². The topological polar surface area (TPSA) is 32.7 Å². The van der Waals surface area contributed by atoms with Gasteiger partial charge in [-0.05, 0) is 37.6 Å². The average Bonchev–Trinajstić information content (AvgIpc) is 2.39. The fraction of sp³-hybridized carbons (Fsp3) is 0.600. The van der Waals surface area contributed by atoms with Crippen LogP contribution in [-0.4, -0.2) is 36.2 Å². The van der Waals surface area contributed by atoms with Crippen molar-refractivity contribution >= 4 is 0 Å². The summed E-state index contributed by atoms with van der Waals surface area (Å²) in [6.45, 7) is 1.79. The van der Waals surface area contributed by atoms with Gasteiger partial charge in [-0.1, -0.05) is 25.0 Å². The zero-order valence-electron chi connectivity index (χ0n) is 10.9. The summed E-state index contributed by atoms with van der Waals surface area (Å²) in [6, 6.07) is 8.06. The van der Waals surface area contributed by atoms with Crippen LogP contribution in [0.2, 0.25) is 0 Å². The van der Waals surface area contributed by atoms with Crippen molar-refractivity contribution < 1.29 is 9.84 Å². The lowest BCUT2D eigenvalue weighted by Crippen LogP contribution is -2.57. The first-order valence-electron chi connectivity index (χ1n) is 6.86. The lowest BCUT2D eigenvalue weighted by atomic mass is 9.74. The summed E-state index contributed by atoms with van der Waals surface area (Å²) >= 11 is 0. The summed E-state index contributed by atoms with van der Waals surface area (Å²) < 4.78 is 6.23. The largest absolute Gasteiger partial charge is 0.508 e. The number of hydrogen-bond donors (Lipinski definition) is 1. The van der Waals surface area contributed by atoms with Crippen molar-refractivity contribution in [2.45, 2.75) is 37.3 Å². The summed E-state index contributed by atoms with van der Waals surface area (Å²) in [7, 11) is 2.19. The van der Waals surface area contributed by atoms with E-state index >= 15 is 0 Å². The zero-order valence-corrected chi connectivity index (χ0v) is 10.9. The highest BCUT2D eigenvalue weighted by atomic mass is 16.5. The third kappa shape index (κ3) is 1.82. The minimum absolute atomic E-state index is 0.204. The van der Waals surface area contributed by atoms with Crippen molar-refractivity contribution in [2.75, 3.05) is 20.2 Å². The van der Waals surface area contributed by atoms with Crippen molar-refractivity contribution in [2.24, 2.45) is 0 Å². The van der Waals surface area contributed by atoms with Crippen molar-refractivity contribution in [1.29, 1.82) is 0 Å². The van der Waals surface area contributed by atoms with E-state index < -0.39 is 0 Å². The Balaban J connectivity index is 2.03. The van der Waals surface area contributed by atoms with E-state index in [1.54, 1.807) is 6.07 Å². The molecule has 0 aromatic heterocycles. The molecule has 0 bridgehead atoms. The van der Waals surface area contributed by atoms with Gasteiger partial charge in [-0.2, -0.15) is 0 Å². The molecule has 2 unspecified atom stereocenters. The average molecular weight is 247 g/mol. The van der Waals surface area contributed by atoms with Crippen LogP contribution in [0.3, 0.4) is 0 Å². The third-order valence-electron chi connectivity index (χ3n) is 4.48. The Kier molecular flexibility index (Phi) is 3.04. The molecule has 1 saturated carbocycles. The smallest absolute Gasteiger partial charge is 0.115 e. The number of rotatable bonds is 1. The molecule has 2 fully saturated rings. The van der Waals surface area contributed by atoms with Crippen molar-refractivity contribution in [1.82, 2.24) is 4.90 Å². The Bertz CT molecular complexity index is 430.